The van der Waals surface area contributed by atoms with Gasteiger partial charge in [-0.25, -0.2) is 0 Å². The molecule has 0 aromatic rings. The lowest BCUT2D eigenvalue weighted by Crippen LogP contribution is -2.30. The molecular weight excluding hydrogens is 781 g/mol. The van der Waals surface area contributed by atoms with Crippen LogP contribution in [-0.2, 0) is 28.6 Å². The van der Waals surface area contributed by atoms with E-state index in [9.17, 15) is 14.4 Å². The second-order valence-corrected chi connectivity index (χ2v) is 17.7. The van der Waals surface area contributed by atoms with Gasteiger partial charge in [-0.1, -0.05) is 229 Å². The van der Waals surface area contributed by atoms with Crippen molar-refractivity contribution >= 4 is 17.9 Å². The van der Waals surface area contributed by atoms with Crippen LogP contribution in [0, 0.1) is 0 Å². The summed E-state index contributed by atoms with van der Waals surface area (Å²) < 4.78 is 16.8. The molecular formula is C57H100O6. The number of hydrogen-bond acceptors (Lipinski definition) is 6. The summed E-state index contributed by atoms with van der Waals surface area (Å²) in [6.45, 7) is 6.40. The predicted molar refractivity (Wildman–Crippen MR) is 270 cm³/mol. The van der Waals surface area contributed by atoms with E-state index in [1.165, 1.54) is 103 Å². The molecule has 0 heterocycles. The molecule has 1 atom stereocenters. The molecule has 0 bridgehead atoms. The molecule has 0 aromatic heterocycles. The summed E-state index contributed by atoms with van der Waals surface area (Å²) in [4.78, 5) is 38.0. The fourth-order valence-electron chi connectivity index (χ4n) is 7.55. The van der Waals surface area contributed by atoms with E-state index in [2.05, 4.69) is 81.5 Å². The summed E-state index contributed by atoms with van der Waals surface area (Å²) in [5.74, 6) is -0.917. The van der Waals surface area contributed by atoms with Gasteiger partial charge >= 0.3 is 17.9 Å². The van der Waals surface area contributed by atoms with Crippen molar-refractivity contribution in [2.75, 3.05) is 13.2 Å². The van der Waals surface area contributed by atoms with Crippen LogP contribution in [0.5, 0.6) is 0 Å². The van der Waals surface area contributed by atoms with Crippen LogP contribution < -0.4 is 0 Å². The summed E-state index contributed by atoms with van der Waals surface area (Å²) in [6, 6.07) is 0. The largest absolute Gasteiger partial charge is 0.462 e. The lowest BCUT2D eigenvalue weighted by Gasteiger charge is -2.18. The van der Waals surface area contributed by atoms with E-state index in [1.807, 2.05) is 0 Å². The lowest BCUT2D eigenvalue weighted by atomic mass is 10.0. The first-order valence-corrected chi connectivity index (χ1v) is 26.8. The highest BCUT2D eigenvalue weighted by Gasteiger charge is 2.19. The topological polar surface area (TPSA) is 78.9 Å². The van der Waals surface area contributed by atoms with E-state index in [4.69, 9.17) is 14.2 Å². The molecule has 364 valence electrons. The van der Waals surface area contributed by atoms with Crippen molar-refractivity contribution in [3.8, 4) is 0 Å². The maximum absolute atomic E-state index is 12.8. The van der Waals surface area contributed by atoms with E-state index in [1.54, 1.807) is 0 Å². The highest BCUT2D eigenvalue weighted by atomic mass is 16.6. The molecule has 0 spiro atoms. The standard InChI is InChI=1S/C57H100O6/c1-4-7-10-13-16-19-22-25-27-28-29-30-31-33-35-38-41-44-47-50-56(59)62-53-54(52-61-55(58)49-46-43-40-37-34-24-21-18-15-12-9-6-3)63-57(60)51-48-45-42-39-36-32-26-23-20-17-14-11-8-5-2/h8-9,11-12,17-18,20-21,26,32,54H,4-7,10,13-16,19,22-25,27-31,33-53H2,1-3H3/b11-8-,12-9-,20-17-,21-18-,32-26-. The molecule has 0 amide bonds. The number of hydrogen-bond donors (Lipinski definition) is 0. The van der Waals surface area contributed by atoms with Crippen molar-refractivity contribution in [3.05, 3.63) is 60.8 Å². The Kier molecular flexibility index (Phi) is 49.4. The minimum atomic E-state index is -0.789. The van der Waals surface area contributed by atoms with Gasteiger partial charge in [0.25, 0.3) is 0 Å². The molecule has 0 radical (unpaired) electrons. The maximum Gasteiger partial charge on any atom is 0.306 e. The molecule has 0 aliphatic heterocycles. The van der Waals surface area contributed by atoms with Crippen molar-refractivity contribution in [1.29, 1.82) is 0 Å². The summed E-state index contributed by atoms with van der Waals surface area (Å²) in [5, 5.41) is 0. The van der Waals surface area contributed by atoms with Crippen LogP contribution in [0.15, 0.2) is 60.8 Å². The van der Waals surface area contributed by atoms with E-state index in [0.29, 0.717) is 19.3 Å². The number of ether oxygens (including phenoxy) is 3. The molecule has 0 saturated heterocycles. The van der Waals surface area contributed by atoms with Crippen LogP contribution in [0.3, 0.4) is 0 Å². The molecule has 0 aliphatic carbocycles. The zero-order valence-electron chi connectivity index (χ0n) is 41.6. The molecule has 0 aromatic carbocycles. The fraction of sp³-hybridized carbons (Fsp3) is 0.772. The Bertz CT molecular complexity index is 1150. The first-order valence-electron chi connectivity index (χ1n) is 26.8. The first kappa shape index (κ1) is 60.1. The highest BCUT2D eigenvalue weighted by Crippen LogP contribution is 2.16. The SMILES string of the molecule is CC/C=C\C/C=C\C/C=C\CCCCCCC(=O)OC(COC(=O)CCCCCCC/C=C\C/C=C\CC)COC(=O)CCCCCCCCCCCCCCCCCCCCC. The average molecular weight is 881 g/mol. The Morgan fingerprint density at radius 1 is 0.333 bits per heavy atom. The number of esters is 3. The monoisotopic (exact) mass is 881 g/mol. The predicted octanol–water partition coefficient (Wildman–Crippen LogP) is 17.6. The van der Waals surface area contributed by atoms with Crippen molar-refractivity contribution in [2.24, 2.45) is 0 Å². The minimum absolute atomic E-state index is 0.0860. The Hall–Kier alpha value is -2.89. The van der Waals surface area contributed by atoms with Crippen LogP contribution in [-0.4, -0.2) is 37.2 Å². The van der Waals surface area contributed by atoms with Gasteiger partial charge in [0, 0.05) is 19.3 Å². The van der Waals surface area contributed by atoms with E-state index in [-0.39, 0.29) is 31.1 Å². The third kappa shape index (κ3) is 50.0. The molecule has 1 unspecified atom stereocenters. The van der Waals surface area contributed by atoms with Crippen molar-refractivity contribution < 1.29 is 28.6 Å². The van der Waals surface area contributed by atoms with Crippen LogP contribution in [0.4, 0.5) is 0 Å². The summed E-state index contributed by atoms with van der Waals surface area (Å²) >= 11 is 0. The van der Waals surface area contributed by atoms with E-state index in [0.717, 1.165) is 122 Å². The third-order valence-corrected chi connectivity index (χ3v) is 11.5. The van der Waals surface area contributed by atoms with Gasteiger partial charge in [-0.05, 0) is 77.0 Å². The summed E-state index contributed by atoms with van der Waals surface area (Å²) in [7, 11) is 0. The fourth-order valence-corrected chi connectivity index (χ4v) is 7.55. The van der Waals surface area contributed by atoms with Gasteiger partial charge in [0.15, 0.2) is 6.10 Å². The normalized spacial score (nSPS) is 12.5. The third-order valence-electron chi connectivity index (χ3n) is 11.5. The van der Waals surface area contributed by atoms with Gasteiger partial charge in [-0.3, -0.25) is 14.4 Å². The molecule has 0 fully saturated rings. The number of allylic oxidation sites excluding steroid dienone is 10. The Morgan fingerprint density at radius 3 is 0.968 bits per heavy atom. The van der Waals surface area contributed by atoms with Crippen molar-refractivity contribution in [3.63, 3.8) is 0 Å². The van der Waals surface area contributed by atoms with Crippen molar-refractivity contribution in [2.45, 2.75) is 271 Å². The second kappa shape index (κ2) is 51.7. The first-order chi connectivity index (χ1) is 31.0. The Balaban J connectivity index is 4.34. The molecule has 6 nitrogen and oxygen atoms in total. The zero-order valence-corrected chi connectivity index (χ0v) is 41.6. The minimum Gasteiger partial charge on any atom is -0.462 e. The number of carbonyl (C=O) groups is 3. The van der Waals surface area contributed by atoms with Gasteiger partial charge < -0.3 is 14.2 Å². The average Bonchev–Trinajstić information content (AvgIpc) is 3.28. The summed E-state index contributed by atoms with van der Waals surface area (Å²) in [6.07, 6.45) is 63.6. The molecule has 0 saturated carbocycles. The molecule has 0 aliphatic rings. The lowest BCUT2D eigenvalue weighted by molar-refractivity contribution is -0.167. The van der Waals surface area contributed by atoms with Crippen LogP contribution >= 0.6 is 0 Å². The number of carbonyl (C=O) groups excluding carboxylic acids is 3. The smallest absolute Gasteiger partial charge is 0.306 e. The zero-order chi connectivity index (χ0) is 45.8. The number of unbranched alkanes of at least 4 members (excludes halogenated alkanes) is 27. The van der Waals surface area contributed by atoms with Crippen LogP contribution in [0.2, 0.25) is 0 Å². The van der Waals surface area contributed by atoms with Gasteiger partial charge in [-0.15, -0.1) is 0 Å². The van der Waals surface area contributed by atoms with Gasteiger partial charge in [0.05, 0.1) is 0 Å². The number of rotatable bonds is 48. The summed E-state index contributed by atoms with van der Waals surface area (Å²) in [5.41, 5.74) is 0. The maximum atomic E-state index is 12.8. The van der Waals surface area contributed by atoms with Crippen molar-refractivity contribution in [1.82, 2.24) is 0 Å². The Morgan fingerprint density at radius 2 is 0.619 bits per heavy atom. The quantitative estimate of drug-likeness (QED) is 0.0262. The van der Waals surface area contributed by atoms with Gasteiger partial charge in [0.1, 0.15) is 13.2 Å². The van der Waals surface area contributed by atoms with Gasteiger partial charge in [0.2, 0.25) is 0 Å². The molecule has 6 heteroatoms. The van der Waals surface area contributed by atoms with Gasteiger partial charge in [-0.2, -0.15) is 0 Å². The Labute approximate surface area is 390 Å². The van der Waals surface area contributed by atoms with E-state index < -0.39 is 6.10 Å². The molecule has 63 heavy (non-hydrogen) atoms. The highest BCUT2D eigenvalue weighted by molar-refractivity contribution is 5.71. The van der Waals surface area contributed by atoms with Crippen LogP contribution in [0.25, 0.3) is 0 Å². The second-order valence-electron chi connectivity index (χ2n) is 17.7. The van der Waals surface area contributed by atoms with E-state index >= 15 is 0 Å². The molecule has 0 N–H and O–H groups in total. The molecule has 0 rings (SSSR count). The van der Waals surface area contributed by atoms with Crippen LogP contribution in [0.1, 0.15) is 265 Å².